The van der Waals surface area contributed by atoms with Crippen molar-refractivity contribution in [3.05, 3.63) is 133 Å². The summed E-state index contributed by atoms with van der Waals surface area (Å²) in [6.07, 6.45) is 0. The van der Waals surface area contributed by atoms with Crippen molar-refractivity contribution >= 4 is 50.4 Å². The van der Waals surface area contributed by atoms with Gasteiger partial charge in [-0.25, -0.2) is 0 Å². The van der Waals surface area contributed by atoms with Crippen LogP contribution in [0.4, 0.5) is 0 Å². The van der Waals surface area contributed by atoms with Crippen LogP contribution in [0.2, 0.25) is 0 Å². The van der Waals surface area contributed by atoms with Crippen molar-refractivity contribution in [1.82, 2.24) is 0 Å². The maximum atomic E-state index is 2.45. The van der Waals surface area contributed by atoms with Crippen molar-refractivity contribution in [3.8, 4) is 11.1 Å². The molecule has 1 heteroatoms. The smallest absolute Gasteiger partial charge is 0.0623 e. The van der Waals surface area contributed by atoms with E-state index < -0.39 is 8.07 Å². The largest absolute Gasteiger partial charge is 0.180 e. The van der Waals surface area contributed by atoms with Gasteiger partial charge >= 0.3 is 0 Å². The Morgan fingerprint density at radius 3 is 1.21 bits per heavy atom. The second kappa shape index (κ2) is 7.03. The summed E-state index contributed by atoms with van der Waals surface area (Å²) < 4.78 is 0. The summed E-state index contributed by atoms with van der Waals surface area (Å²) in [6, 6.07) is 49.9. The number of benzene rings is 6. The lowest BCUT2D eigenvalue weighted by atomic mass is 10.1. The molecular formula is C32H22Si. The van der Waals surface area contributed by atoms with Crippen LogP contribution in [0.5, 0.6) is 0 Å². The summed E-state index contributed by atoms with van der Waals surface area (Å²) in [4.78, 5) is 0. The van der Waals surface area contributed by atoms with E-state index in [-0.39, 0.29) is 0 Å². The van der Waals surface area contributed by atoms with Gasteiger partial charge in [-0.3, -0.25) is 0 Å². The minimum absolute atomic E-state index is 1.29. The molecule has 0 aliphatic carbocycles. The Bertz CT molecular complexity index is 1550. The monoisotopic (exact) mass is 434 g/mol. The molecule has 0 nitrogen and oxygen atoms in total. The standard InChI is InChI=1S/C32H22Si/c1-3-11-25-21-27(19-17-23(25)9-1)33(28-20-18-24-10-2-4-12-26(24)22-28)31-15-7-5-13-29(31)30-14-6-8-16-32(30)33/h1-22H. The average molecular weight is 435 g/mol. The van der Waals surface area contributed by atoms with Crippen LogP contribution in [-0.2, 0) is 0 Å². The van der Waals surface area contributed by atoms with Crippen molar-refractivity contribution in [2.75, 3.05) is 0 Å². The molecule has 6 aromatic carbocycles. The van der Waals surface area contributed by atoms with E-state index in [2.05, 4.69) is 133 Å². The van der Waals surface area contributed by atoms with Crippen LogP contribution in [0.25, 0.3) is 32.7 Å². The van der Waals surface area contributed by atoms with Crippen molar-refractivity contribution < 1.29 is 0 Å². The zero-order valence-corrected chi connectivity index (χ0v) is 19.2. The van der Waals surface area contributed by atoms with E-state index >= 15 is 0 Å². The molecule has 1 heterocycles. The van der Waals surface area contributed by atoms with E-state index in [1.807, 2.05) is 0 Å². The second-order valence-electron chi connectivity index (χ2n) is 8.97. The summed E-state index contributed by atoms with van der Waals surface area (Å²) >= 11 is 0. The Labute approximate surface area is 194 Å². The number of hydrogen-bond donors (Lipinski definition) is 0. The van der Waals surface area contributed by atoms with Gasteiger partial charge in [0.2, 0.25) is 0 Å². The molecule has 0 saturated carbocycles. The Hall–Kier alpha value is -3.94. The molecule has 1 aliphatic heterocycles. The topological polar surface area (TPSA) is 0 Å². The lowest BCUT2D eigenvalue weighted by Gasteiger charge is -2.31. The first-order valence-electron chi connectivity index (χ1n) is 11.5. The molecule has 7 rings (SSSR count). The molecule has 0 fully saturated rings. The molecule has 0 amide bonds. The number of rotatable bonds is 2. The van der Waals surface area contributed by atoms with Gasteiger partial charge in [-0.1, -0.05) is 133 Å². The van der Waals surface area contributed by atoms with Crippen molar-refractivity contribution in [2.24, 2.45) is 0 Å². The first-order chi connectivity index (χ1) is 16.4. The predicted octanol–water partition coefficient (Wildman–Crippen LogP) is 5.35. The molecule has 0 aromatic heterocycles. The Morgan fingerprint density at radius 2 is 0.727 bits per heavy atom. The highest BCUT2D eigenvalue weighted by Gasteiger charge is 2.48. The van der Waals surface area contributed by atoms with Crippen LogP contribution < -0.4 is 20.7 Å². The van der Waals surface area contributed by atoms with Crippen LogP contribution in [0, 0.1) is 0 Å². The molecule has 0 N–H and O–H groups in total. The van der Waals surface area contributed by atoms with Gasteiger partial charge in [-0.05, 0) is 53.4 Å². The van der Waals surface area contributed by atoms with Crippen LogP contribution in [-0.4, -0.2) is 8.07 Å². The van der Waals surface area contributed by atoms with Gasteiger partial charge in [0.1, 0.15) is 0 Å². The zero-order chi connectivity index (χ0) is 21.8. The molecule has 0 atom stereocenters. The Balaban J connectivity index is 1.65. The maximum absolute atomic E-state index is 2.46. The van der Waals surface area contributed by atoms with Gasteiger partial charge in [-0.2, -0.15) is 0 Å². The predicted molar refractivity (Wildman–Crippen MR) is 144 cm³/mol. The second-order valence-corrected chi connectivity index (χ2v) is 12.7. The lowest BCUT2D eigenvalue weighted by molar-refractivity contribution is 1.71. The van der Waals surface area contributed by atoms with E-state index in [1.165, 1.54) is 53.4 Å². The average Bonchev–Trinajstić information content (AvgIpc) is 3.19. The van der Waals surface area contributed by atoms with Crippen LogP contribution in [0.15, 0.2) is 133 Å². The highest BCUT2D eigenvalue weighted by molar-refractivity contribution is 7.22. The molecule has 0 bridgehead atoms. The van der Waals surface area contributed by atoms with Gasteiger partial charge in [0.25, 0.3) is 0 Å². The third-order valence-corrected chi connectivity index (χ3v) is 12.2. The fraction of sp³-hybridized carbons (Fsp3) is 0. The van der Waals surface area contributed by atoms with E-state index in [9.17, 15) is 0 Å². The normalized spacial score (nSPS) is 13.7. The number of hydrogen-bond acceptors (Lipinski definition) is 0. The quantitative estimate of drug-likeness (QED) is 0.322. The Kier molecular flexibility index (Phi) is 3.96. The minimum Gasteiger partial charge on any atom is -0.0623 e. The summed E-state index contributed by atoms with van der Waals surface area (Å²) in [6.45, 7) is 0. The van der Waals surface area contributed by atoms with Gasteiger partial charge in [0.05, 0.1) is 0 Å². The minimum atomic E-state index is -2.46. The first-order valence-corrected chi connectivity index (χ1v) is 13.5. The molecule has 0 saturated heterocycles. The Morgan fingerprint density at radius 1 is 0.333 bits per heavy atom. The van der Waals surface area contributed by atoms with Gasteiger partial charge < -0.3 is 0 Å². The van der Waals surface area contributed by atoms with Gasteiger partial charge in [0, 0.05) is 0 Å². The summed E-state index contributed by atoms with van der Waals surface area (Å²) in [5.41, 5.74) is 2.78. The van der Waals surface area contributed by atoms with E-state index in [0.717, 1.165) is 0 Å². The van der Waals surface area contributed by atoms with Gasteiger partial charge in [-0.15, -0.1) is 0 Å². The zero-order valence-electron chi connectivity index (χ0n) is 18.2. The highest BCUT2D eigenvalue weighted by atomic mass is 28.3. The van der Waals surface area contributed by atoms with E-state index in [4.69, 9.17) is 0 Å². The summed E-state index contributed by atoms with van der Waals surface area (Å²) in [5.74, 6) is 0. The fourth-order valence-corrected chi connectivity index (χ4v) is 11.1. The maximum Gasteiger partial charge on any atom is 0.180 e. The molecular weight excluding hydrogens is 412 g/mol. The van der Waals surface area contributed by atoms with Crippen molar-refractivity contribution in [2.45, 2.75) is 0 Å². The first kappa shape index (κ1) is 18.6. The van der Waals surface area contributed by atoms with E-state index in [0.29, 0.717) is 0 Å². The fourth-order valence-electron chi connectivity index (χ4n) is 5.87. The summed E-state index contributed by atoms with van der Waals surface area (Å²) in [7, 11) is -2.46. The third-order valence-electron chi connectivity index (χ3n) is 7.32. The van der Waals surface area contributed by atoms with Crippen molar-refractivity contribution in [1.29, 1.82) is 0 Å². The summed E-state index contributed by atoms with van der Waals surface area (Å²) in [5, 5.41) is 11.1. The third kappa shape index (κ3) is 2.57. The SMILES string of the molecule is c1ccc2c(c1)-c1ccccc1[Si]2(c1ccc2ccccc2c1)c1ccc2ccccc2c1. The highest BCUT2D eigenvalue weighted by Crippen LogP contribution is 2.29. The molecule has 154 valence electrons. The lowest BCUT2D eigenvalue weighted by Crippen LogP contribution is -2.72. The number of fused-ring (bicyclic) bond motifs is 5. The van der Waals surface area contributed by atoms with Crippen LogP contribution in [0.1, 0.15) is 0 Å². The molecule has 1 aliphatic rings. The molecule has 0 radical (unpaired) electrons. The van der Waals surface area contributed by atoms with Gasteiger partial charge in [0.15, 0.2) is 8.07 Å². The van der Waals surface area contributed by atoms with Crippen LogP contribution >= 0.6 is 0 Å². The molecule has 0 spiro atoms. The molecule has 6 aromatic rings. The van der Waals surface area contributed by atoms with E-state index in [1.54, 1.807) is 0 Å². The van der Waals surface area contributed by atoms with Crippen LogP contribution in [0.3, 0.4) is 0 Å². The van der Waals surface area contributed by atoms with Crippen molar-refractivity contribution in [3.63, 3.8) is 0 Å². The molecule has 0 unspecified atom stereocenters. The molecule has 33 heavy (non-hydrogen) atoms.